The minimum atomic E-state index is -0.444. The highest BCUT2D eigenvalue weighted by Crippen LogP contribution is 2.21. The van der Waals surface area contributed by atoms with E-state index in [2.05, 4.69) is 11.9 Å². The van der Waals surface area contributed by atoms with Gasteiger partial charge in [-0.1, -0.05) is 23.7 Å². The van der Waals surface area contributed by atoms with Crippen molar-refractivity contribution in [2.75, 3.05) is 26.8 Å². The Hall–Kier alpha value is -0.610. The van der Waals surface area contributed by atoms with Gasteiger partial charge in [0, 0.05) is 30.8 Å². The molecule has 1 atom stereocenters. The Bertz CT molecular complexity index is 393. The number of benzene rings is 1. The second-order valence-corrected chi connectivity index (χ2v) is 5.62. The molecule has 0 amide bonds. The lowest BCUT2D eigenvalue weighted by atomic mass is 10.0. The Balaban J connectivity index is 1.80. The summed E-state index contributed by atoms with van der Waals surface area (Å²) in [5, 5.41) is 10.9. The van der Waals surface area contributed by atoms with Gasteiger partial charge < -0.3 is 14.7 Å². The molecule has 0 aliphatic carbocycles. The summed E-state index contributed by atoms with van der Waals surface area (Å²) in [5.41, 5.74) is 0.896. The fraction of sp³-hybridized carbons (Fsp3) is 0.600. The molecule has 3 nitrogen and oxygen atoms in total. The van der Waals surface area contributed by atoms with E-state index in [1.54, 1.807) is 0 Å². The van der Waals surface area contributed by atoms with Gasteiger partial charge in [-0.3, -0.25) is 0 Å². The number of halogens is 1. The lowest BCUT2D eigenvalue weighted by molar-refractivity contribution is 0.0377. The van der Waals surface area contributed by atoms with Gasteiger partial charge in [0.2, 0.25) is 0 Å². The molecule has 0 saturated carbocycles. The summed E-state index contributed by atoms with van der Waals surface area (Å²) >= 11 is 5.94. The number of hydrogen-bond donors (Lipinski definition) is 1. The van der Waals surface area contributed by atoms with Crippen LogP contribution in [0.2, 0.25) is 5.02 Å². The molecular formula is C15H22ClNO2. The summed E-state index contributed by atoms with van der Waals surface area (Å²) < 4.78 is 5.37. The fourth-order valence-corrected chi connectivity index (χ4v) is 2.71. The molecule has 19 heavy (non-hydrogen) atoms. The van der Waals surface area contributed by atoms with Crippen LogP contribution in [0.4, 0.5) is 0 Å². The maximum Gasteiger partial charge on any atom is 0.0802 e. The molecule has 1 saturated heterocycles. The molecule has 2 rings (SSSR count). The van der Waals surface area contributed by atoms with Crippen molar-refractivity contribution in [3.63, 3.8) is 0 Å². The van der Waals surface area contributed by atoms with Crippen LogP contribution in [0.15, 0.2) is 24.3 Å². The van der Waals surface area contributed by atoms with E-state index >= 15 is 0 Å². The molecule has 1 unspecified atom stereocenters. The Morgan fingerprint density at radius 1 is 1.42 bits per heavy atom. The molecule has 106 valence electrons. The second kappa shape index (κ2) is 7.25. The van der Waals surface area contributed by atoms with Crippen LogP contribution in [0.1, 0.15) is 30.9 Å². The average molecular weight is 284 g/mol. The van der Waals surface area contributed by atoms with Crippen molar-refractivity contribution >= 4 is 11.6 Å². The van der Waals surface area contributed by atoms with Gasteiger partial charge in [-0.2, -0.15) is 0 Å². The van der Waals surface area contributed by atoms with Crippen LogP contribution in [0, 0.1) is 0 Å². The summed E-state index contributed by atoms with van der Waals surface area (Å²) in [6.45, 7) is 2.59. The zero-order chi connectivity index (χ0) is 13.7. The molecule has 1 fully saturated rings. The Kier molecular flexibility index (Phi) is 5.64. The molecule has 0 spiro atoms. The first-order chi connectivity index (χ1) is 9.16. The minimum absolute atomic E-state index is 0.444. The molecule has 1 N–H and O–H groups in total. The van der Waals surface area contributed by atoms with Crippen LogP contribution in [0.25, 0.3) is 0 Å². The molecule has 0 radical (unpaired) electrons. The molecule has 1 aromatic carbocycles. The number of rotatable bonds is 5. The van der Waals surface area contributed by atoms with E-state index < -0.39 is 6.10 Å². The molecule has 0 aromatic heterocycles. The molecule has 0 bridgehead atoms. The first kappa shape index (κ1) is 14.8. The van der Waals surface area contributed by atoms with Crippen LogP contribution in [0.5, 0.6) is 0 Å². The Labute approximate surface area is 120 Å². The van der Waals surface area contributed by atoms with E-state index in [0.29, 0.717) is 11.1 Å². The van der Waals surface area contributed by atoms with Crippen LogP contribution >= 0.6 is 11.6 Å². The standard InChI is InChI=1S/C15H22ClNO2/c1-17(14-6-9-19-10-7-14)8-5-15(18)12-3-2-4-13(16)11-12/h2-4,11,14-15,18H,5-10H2,1H3. The van der Waals surface area contributed by atoms with Crippen molar-refractivity contribution in [2.45, 2.75) is 31.4 Å². The second-order valence-electron chi connectivity index (χ2n) is 5.18. The zero-order valence-corrected chi connectivity index (χ0v) is 12.1. The van der Waals surface area contributed by atoms with Crippen LogP contribution < -0.4 is 0 Å². The smallest absolute Gasteiger partial charge is 0.0802 e. The SMILES string of the molecule is CN(CCC(O)c1cccc(Cl)c1)C1CCOCC1. The summed E-state index contributed by atoms with van der Waals surface area (Å²) in [5.74, 6) is 0. The van der Waals surface area contributed by atoms with Crippen molar-refractivity contribution in [3.05, 3.63) is 34.9 Å². The maximum atomic E-state index is 10.2. The third-order valence-corrected chi connectivity index (χ3v) is 4.04. The molecule has 1 aliphatic heterocycles. The van der Waals surface area contributed by atoms with Gasteiger partial charge in [0.25, 0.3) is 0 Å². The van der Waals surface area contributed by atoms with E-state index in [0.717, 1.165) is 44.6 Å². The summed E-state index contributed by atoms with van der Waals surface area (Å²) in [6, 6.07) is 8.04. The number of nitrogens with zero attached hydrogens (tertiary/aromatic N) is 1. The van der Waals surface area contributed by atoms with Crippen molar-refractivity contribution < 1.29 is 9.84 Å². The van der Waals surface area contributed by atoms with Gasteiger partial charge in [0.1, 0.15) is 0 Å². The number of ether oxygens (including phenoxy) is 1. The molecule has 1 aliphatic rings. The van der Waals surface area contributed by atoms with E-state index in [4.69, 9.17) is 16.3 Å². The lowest BCUT2D eigenvalue weighted by Crippen LogP contribution is -2.37. The largest absolute Gasteiger partial charge is 0.388 e. The molecular weight excluding hydrogens is 262 g/mol. The lowest BCUT2D eigenvalue weighted by Gasteiger charge is -2.31. The van der Waals surface area contributed by atoms with Gasteiger partial charge in [-0.15, -0.1) is 0 Å². The zero-order valence-electron chi connectivity index (χ0n) is 11.4. The van der Waals surface area contributed by atoms with E-state index in [-0.39, 0.29) is 0 Å². The molecule has 1 heterocycles. The fourth-order valence-electron chi connectivity index (χ4n) is 2.51. The topological polar surface area (TPSA) is 32.7 Å². The van der Waals surface area contributed by atoms with Crippen LogP contribution in [-0.2, 0) is 4.74 Å². The summed E-state index contributed by atoms with van der Waals surface area (Å²) in [6.07, 6.45) is 2.46. The predicted molar refractivity (Wildman–Crippen MR) is 77.5 cm³/mol. The van der Waals surface area contributed by atoms with Gasteiger partial charge in [0.15, 0.2) is 0 Å². The monoisotopic (exact) mass is 283 g/mol. The quantitative estimate of drug-likeness (QED) is 0.902. The van der Waals surface area contributed by atoms with Crippen LogP contribution in [0.3, 0.4) is 0 Å². The van der Waals surface area contributed by atoms with Gasteiger partial charge in [-0.25, -0.2) is 0 Å². The first-order valence-corrected chi connectivity index (χ1v) is 7.26. The maximum absolute atomic E-state index is 10.2. The summed E-state index contributed by atoms with van der Waals surface area (Å²) in [7, 11) is 2.13. The third kappa shape index (κ3) is 4.46. The van der Waals surface area contributed by atoms with Crippen molar-refractivity contribution in [1.82, 2.24) is 4.90 Å². The average Bonchev–Trinajstić information content (AvgIpc) is 2.45. The number of aliphatic hydroxyl groups excluding tert-OH is 1. The van der Waals surface area contributed by atoms with E-state index in [1.165, 1.54) is 0 Å². The normalized spacial score (nSPS) is 18.7. The highest BCUT2D eigenvalue weighted by atomic mass is 35.5. The van der Waals surface area contributed by atoms with Gasteiger partial charge in [0.05, 0.1) is 6.10 Å². The van der Waals surface area contributed by atoms with Crippen LogP contribution in [-0.4, -0.2) is 42.9 Å². The van der Waals surface area contributed by atoms with Crippen molar-refractivity contribution in [3.8, 4) is 0 Å². The highest BCUT2D eigenvalue weighted by molar-refractivity contribution is 6.30. The number of hydrogen-bond acceptors (Lipinski definition) is 3. The predicted octanol–water partition coefficient (Wildman–Crippen LogP) is 2.87. The van der Waals surface area contributed by atoms with E-state index in [1.807, 2.05) is 24.3 Å². The van der Waals surface area contributed by atoms with Gasteiger partial charge in [-0.05, 0) is 44.0 Å². The molecule has 1 aromatic rings. The Morgan fingerprint density at radius 3 is 2.84 bits per heavy atom. The first-order valence-electron chi connectivity index (χ1n) is 6.88. The summed E-state index contributed by atoms with van der Waals surface area (Å²) in [4.78, 5) is 2.33. The van der Waals surface area contributed by atoms with Crippen molar-refractivity contribution in [2.24, 2.45) is 0 Å². The van der Waals surface area contributed by atoms with Gasteiger partial charge >= 0.3 is 0 Å². The Morgan fingerprint density at radius 2 is 2.16 bits per heavy atom. The van der Waals surface area contributed by atoms with E-state index in [9.17, 15) is 5.11 Å². The minimum Gasteiger partial charge on any atom is -0.388 e. The molecule has 4 heteroatoms. The van der Waals surface area contributed by atoms with Crippen molar-refractivity contribution in [1.29, 1.82) is 0 Å². The highest BCUT2D eigenvalue weighted by Gasteiger charge is 2.19. The third-order valence-electron chi connectivity index (χ3n) is 3.80. The number of aliphatic hydroxyl groups is 1.